The van der Waals surface area contributed by atoms with Gasteiger partial charge in [0.2, 0.25) is 0 Å². The Bertz CT molecular complexity index is 740. The first kappa shape index (κ1) is 10.6. The Balaban J connectivity index is 2.19. The number of carboxylic acids is 1. The van der Waals surface area contributed by atoms with Gasteiger partial charge in [0.25, 0.3) is 0 Å². The van der Waals surface area contributed by atoms with Crippen LogP contribution in [0.4, 0.5) is 0 Å². The standard InChI is InChI=1S/C13H10N2O3/c1-7-2-3-8-5-11(18-10(8)4-7)12-9(13(16)17)6-14-15-12/h2-6H,1H3,(H,14,15)(H,16,17). The number of aromatic carboxylic acids is 1. The summed E-state index contributed by atoms with van der Waals surface area (Å²) >= 11 is 0. The van der Waals surface area contributed by atoms with Gasteiger partial charge in [0.1, 0.15) is 16.8 Å². The highest BCUT2D eigenvalue weighted by Gasteiger charge is 2.17. The Kier molecular flexibility index (Phi) is 2.19. The fourth-order valence-corrected chi connectivity index (χ4v) is 1.90. The van der Waals surface area contributed by atoms with E-state index in [9.17, 15) is 4.79 Å². The highest BCUT2D eigenvalue weighted by molar-refractivity contribution is 5.95. The quantitative estimate of drug-likeness (QED) is 0.724. The number of fused-ring (bicyclic) bond motifs is 1. The summed E-state index contributed by atoms with van der Waals surface area (Å²) in [5.41, 5.74) is 2.31. The summed E-state index contributed by atoms with van der Waals surface area (Å²) in [5, 5.41) is 16.4. The third-order valence-electron chi connectivity index (χ3n) is 2.79. The summed E-state index contributed by atoms with van der Waals surface area (Å²) in [6.45, 7) is 1.97. The van der Waals surface area contributed by atoms with Crippen molar-refractivity contribution in [1.29, 1.82) is 0 Å². The topological polar surface area (TPSA) is 79.1 Å². The van der Waals surface area contributed by atoms with Crippen molar-refractivity contribution in [3.05, 3.63) is 41.6 Å². The van der Waals surface area contributed by atoms with Gasteiger partial charge in [-0.1, -0.05) is 12.1 Å². The predicted octanol–water partition coefficient (Wildman–Crippen LogP) is 2.83. The zero-order chi connectivity index (χ0) is 12.7. The minimum absolute atomic E-state index is 0.103. The predicted molar refractivity (Wildman–Crippen MR) is 65.5 cm³/mol. The highest BCUT2D eigenvalue weighted by Crippen LogP contribution is 2.29. The lowest BCUT2D eigenvalue weighted by atomic mass is 10.1. The number of rotatable bonds is 2. The zero-order valence-electron chi connectivity index (χ0n) is 9.60. The molecule has 0 aliphatic heterocycles. The van der Waals surface area contributed by atoms with Gasteiger partial charge in [-0.25, -0.2) is 4.79 Å². The van der Waals surface area contributed by atoms with Crippen molar-refractivity contribution >= 4 is 16.9 Å². The van der Waals surface area contributed by atoms with Crippen LogP contribution >= 0.6 is 0 Å². The normalized spacial score (nSPS) is 10.9. The van der Waals surface area contributed by atoms with Gasteiger partial charge in [0, 0.05) is 5.39 Å². The Labute approximate surface area is 102 Å². The van der Waals surface area contributed by atoms with Crippen LogP contribution in [0.3, 0.4) is 0 Å². The van der Waals surface area contributed by atoms with Crippen molar-refractivity contribution in [1.82, 2.24) is 10.2 Å². The van der Waals surface area contributed by atoms with E-state index < -0.39 is 5.97 Å². The molecule has 2 aromatic heterocycles. The molecule has 18 heavy (non-hydrogen) atoms. The molecule has 0 saturated carbocycles. The van der Waals surface area contributed by atoms with Gasteiger partial charge in [0.05, 0.1) is 6.20 Å². The second-order valence-electron chi connectivity index (χ2n) is 4.12. The lowest BCUT2D eigenvalue weighted by Crippen LogP contribution is -1.95. The fraction of sp³-hybridized carbons (Fsp3) is 0.0769. The molecular formula is C13H10N2O3. The van der Waals surface area contributed by atoms with Crippen LogP contribution in [0.2, 0.25) is 0 Å². The molecular weight excluding hydrogens is 232 g/mol. The van der Waals surface area contributed by atoms with Crippen molar-refractivity contribution in [2.45, 2.75) is 6.92 Å². The molecule has 0 amide bonds. The number of aryl methyl sites for hydroxylation is 1. The van der Waals surface area contributed by atoms with E-state index in [1.807, 2.05) is 25.1 Å². The summed E-state index contributed by atoms with van der Waals surface area (Å²) in [5.74, 6) is -0.555. The van der Waals surface area contributed by atoms with Gasteiger partial charge in [-0.15, -0.1) is 0 Å². The molecule has 3 aromatic rings. The van der Waals surface area contributed by atoms with Crippen LogP contribution in [-0.2, 0) is 0 Å². The van der Waals surface area contributed by atoms with E-state index in [1.165, 1.54) is 6.20 Å². The van der Waals surface area contributed by atoms with E-state index in [0.717, 1.165) is 16.5 Å². The molecule has 0 spiro atoms. The Morgan fingerprint density at radius 3 is 3.00 bits per heavy atom. The summed E-state index contributed by atoms with van der Waals surface area (Å²) < 4.78 is 5.65. The van der Waals surface area contributed by atoms with Crippen LogP contribution in [0.5, 0.6) is 0 Å². The van der Waals surface area contributed by atoms with Crippen LogP contribution in [0.1, 0.15) is 15.9 Å². The fourth-order valence-electron chi connectivity index (χ4n) is 1.90. The van der Waals surface area contributed by atoms with Crippen LogP contribution in [0.25, 0.3) is 22.4 Å². The van der Waals surface area contributed by atoms with Crippen LogP contribution in [0, 0.1) is 6.92 Å². The summed E-state index contributed by atoms with van der Waals surface area (Å²) in [4.78, 5) is 11.0. The highest BCUT2D eigenvalue weighted by atomic mass is 16.4. The smallest absolute Gasteiger partial charge is 0.339 e. The van der Waals surface area contributed by atoms with Gasteiger partial charge in [0.15, 0.2) is 5.76 Å². The molecule has 3 rings (SSSR count). The van der Waals surface area contributed by atoms with Gasteiger partial charge in [-0.2, -0.15) is 5.10 Å². The maximum atomic E-state index is 11.0. The van der Waals surface area contributed by atoms with Crippen molar-refractivity contribution in [2.75, 3.05) is 0 Å². The van der Waals surface area contributed by atoms with Crippen molar-refractivity contribution < 1.29 is 14.3 Å². The Morgan fingerprint density at radius 1 is 1.39 bits per heavy atom. The molecule has 90 valence electrons. The van der Waals surface area contributed by atoms with Gasteiger partial charge in [-0.3, -0.25) is 5.10 Å². The van der Waals surface area contributed by atoms with E-state index in [2.05, 4.69) is 10.2 Å². The number of furan rings is 1. The second kappa shape index (κ2) is 3.73. The van der Waals surface area contributed by atoms with E-state index in [0.29, 0.717) is 11.5 Å². The number of aromatic nitrogens is 2. The van der Waals surface area contributed by atoms with E-state index in [-0.39, 0.29) is 5.56 Å². The van der Waals surface area contributed by atoms with E-state index in [4.69, 9.17) is 9.52 Å². The van der Waals surface area contributed by atoms with Gasteiger partial charge in [-0.05, 0) is 24.6 Å². The van der Waals surface area contributed by atoms with Crippen LogP contribution < -0.4 is 0 Å². The second-order valence-corrected chi connectivity index (χ2v) is 4.12. The number of benzene rings is 1. The molecule has 0 aliphatic carbocycles. The first-order chi connectivity index (χ1) is 8.65. The van der Waals surface area contributed by atoms with Crippen molar-refractivity contribution in [2.24, 2.45) is 0 Å². The van der Waals surface area contributed by atoms with Crippen molar-refractivity contribution in [3.63, 3.8) is 0 Å². The number of nitrogens with one attached hydrogen (secondary N) is 1. The first-order valence-electron chi connectivity index (χ1n) is 5.42. The van der Waals surface area contributed by atoms with Crippen molar-refractivity contribution in [3.8, 4) is 11.5 Å². The number of carboxylic acid groups (broad SMARTS) is 1. The number of aromatic amines is 1. The third kappa shape index (κ3) is 1.57. The number of nitrogens with zero attached hydrogens (tertiary/aromatic N) is 1. The average Bonchev–Trinajstić information content (AvgIpc) is 2.93. The average molecular weight is 242 g/mol. The molecule has 0 saturated heterocycles. The summed E-state index contributed by atoms with van der Waals surface area (Å²) in [6, 6.07) is 7.63. The molecule has 2 N–H and O–H groups in total. The maximum absolute atomic E-state index is 11.0. The maximum Gasteiger partial charge on any atom is 0.339 e. The molecule has 0 atom stereocenters. The van der Waals surface area contributed by atoms with E-state index >= 15 is 0 Å². The third-order valence-corrected chi connectivity index (χ3v) is 2.79. The van der Waals surface area contributed by atoms with Crippen LogP contribution in [-0.4, -0.2) is 21.3 Å². The minimum atomic E-state index is -1.03. The molecule has 0 unspecified atom stereocenters. The minimum Gasteiger partial charge on any atom is -0.478 e. The molecule has 2 heterocycles. The monoisotopic (exact) mass is 242 g/mol. The largest absolute Gasteiger partial charge is 0.478 e. The van der Waals surface area contributed by atoms with Gasteiger partial charge < -0.3 is 9.52 Å². The SMILES string of the molecule is Cc1ccc2cc(-c3[nH]ncc3C(=O)O)oc2c1. The lowest BCUT2D eigenvalue weighted by molar-refractivity contribution is 0.0697. The lowest BCUT2D eigenvalue weighted by Gasteiger charge is -1.93. The first-order valence-corrected chi connectivity index (χ1v) is 5.42. The molecule has 0 bridgehead atoms. The molecule has 0 fully saturated rings. The number of hydrogen-bond acceptors (Lipinski definition) is 3. The van der Waals surface area contributed by atoms with Crippen LogP contribution in [0.15, 0.2) is 34.9 Å². The number of carbonyl (C=O) groups is 1. The number of H-pyrrole nitrogens is 1. The zero-order valence-corrected chi connectivity index (χ0v) is 9.60. The molecule has 1 aromatic carbocycles. The Hall–Kier alpha value is -2.56. The van der Waals surface area contributed by atoms with Gasteiger partial charge >= 0.3 is 5.97 Å². The molecule has 5 nitrogen and oxygen atoms in total. The summed E-state index contributed by atoms with van der Waals surface area (Å²) in [6.07, 6.45) is 1.27. The molecule has 0 aliphatic rings. The molecule has 5 heteroatoms. The Morgan fingerprint density at radius 2 is 2.22 bits per heavy atom. The molecule has 0 radical (unpaired) electrons. The van der Waals surface area contributed by atoms with E-state index in [1.54, 1.807) is 6.07 Å². The number of hydrogen-bond donors (Lipinski definition) is 2. The summed E-state index contributed by atoms with van der Waals surface area (Å²) in [7, 11) is 0.